The summed E-state index contributed by atoms with van der Waals surface area (Å²) in [5.74, 6) is -4.69. The molecule has 1 amide bonds. The molecule has 1 heterocycles. The monoisotopic (exact) mass is 497 g/mol. The van der Waals surface area contributed by atoms with Crippen LogP contribution in [0.4, 0.5) is 0 Å². The molecule has 1 saturated heterocycles. The van der Waals surface area contributed by atoms with Gasteiger partial charge in [-0.15, -0.1) is 0 Å². The number of hydrogen-bond donors (Lipinski definition) is 4. The standard InChI is InChI=1S/C20H28N2O5.C4H4O4/c1-3-27-20(26)16(12-11-15-8-5-4-6-9-15)21-14(2)18(23)22-13-7-10-17(22)19(24)25;5-3(6)1-2-4(7)8/h4-6,8-9,14,16-17,21H,3,7,10-13H2,1-2H3,(H,24,25);1-2H,(H,5,6)(H,7,8)/t14-,16-,17+;/m0./s1/i4D,5D,6D,8D,9D;. The molecule has 192 valence electrons. The van der Waals surface area contributed by atoms with E-state index in [1.807, 2.05) is 0 Å². The normalized spacial score (nSPS) is 18.6. The number of nitrogens with zero attached hydrogens (tertiary/aromatic N) is 1. The van der Waals surface area contributed by atoms with Crippen LogP contribution in [0.25, 0.3) is 0 Å². The Morgan fingerprint density at radius 2 is 1.74 bits per heavy atom. The van der Waals surface area contributed by atoms with Gasteiger partial charge in [0.05, 0.1) is 19.5 Å². The molecule has 35 heavy (non-hydrogen) atoms. The molecule has 1 fully saturated rings. The summed E-state index contributed by atoms with van der Waals surface area (Å²) < 4.78 is 44.4. The van der Waals surface area contributed by atoms with Crippen molar-refractivity contribution in [3.63, 3.8) is 0 Å². The third kappa shape index (κ3) is 10.8. The van der Waals surface area contributed by atoms with Crippen LogP contribution >= 0.6 is 0 Å². The van der Waals surface area contributed by atoms with E-state index in [0.717, 1.165) is 0 Å². The van der Waals surface area contributed by atoms with E-state index >= 15 is 0 Å². The third-order valence-corrected chi connectivity index (χ3v) is 4.82. The van der Waals surface area contributed by atoms with Gasteiger partial charge in [-0.25, -0.2) is 14.4 Å². The molecule has 1 aromatic carbocycles. The first-order chi connectivity index (χ1) is 18.6. The number of rotatable bonds is 11. The molecule has 0 unspecified atom stereocenters. The zero-order valence-corrected chi connectivity index (χ0v) is 19.4. The van der Waals surface area contributed by atoms with E-state index in [-0.39, 0.29) is 37.1 Å². The van der Waals surface area contributed by atoms with Gasteiger partial charge in [0.1, 0.15) is 12.1 Å². The predicted octanol–water partition coefficient (Wildman–Crippen LogP) is 1.32. The zero-order valence-electron chi connectivity index (χ0n) is 24.4. The average molecular weight is 498 g/mol. The fourth-order valence-corrected chi connectivity index (χ4v) is 3.25. The molecule has 1 aromatic rings. The van der Waals surface area contributed by atoms with Gasteiger partial charge in [0.2, 0.25) is 5.91 Å². The fraction of sp³-hybridized carbons (Fsp3) is 0.458. The molecule has 0 bridgehead atoms. The number of hydrogen-bond acceptors (Lipinski definition) is 7. The largest absolute Gasteiger partial charge is 0.480 e. The van der Waals surface area contributed by atoms with Gasteiger partial charge in [-0.05, 0) is 45.1 Å². The van der Waals surface area contributed by atoms with E-state index in [0.29, 0.717) is 31.5 Å². The van der Waals surface area contributed by atoms with E-state index in [4.69, 9.17) is 21.8 Å². The topological polar surface area (TPSA) is 171 Å². The molecule has 4 N–H and O–H groups in total. The van der Waals surface area contributed by atoms with Crippen molar-refractivity contribution in [2.75, 3.05) is 13.2 Å². The Bertz CT molecular complexity index is 1120. The lowest BCUT2D eigenvalue weighted by atomic mass is 10.0. The van der Waals surface area contributed by atoms with E-state index in [2.05, 4.69) is 5.32 Å². The highest BCUT2D eigenvalue weighted by Gasteiger charge is 2.36. The maximum absolute atomic E-state index is 12.8. The van der Waals surface area contributed by atoms with Gasteiger partial charge in [-0.2, -0.15) is 0 Å². The van der Waals surface area contributed by atoms with Gasteiger partial charge < -0.3 is 25.0 Å². The second-order valence-electron chi connectivity index (χ2n) is 7.37. The van der Waals surface area contributed by atoms with Crippen LogP contribution in [0.3, 0.4) is 0 Å². The maximum atomic E-state index is 12.8. The number of carbonyl (C=O) groups excluding carboxylic acids is 2. The van der Waals surface area contributed by atoms with Crippen LogP contribution in [-0.2, 0) is 35.1 Å². The van der Waals surface area contributed by atoms with Crippen LogP contribution in [0.5, 0.6) is 0 Å². The molecule has 3 atom stereocenters. The molecule has 1 aliphatic rings. The number of carbonyl (C=O) groups is 5. The van der Waals surface area contributed by atoms with Crippen LogP contribution in [0, 0.1) is 0 Å². The fourth-order valence-electron chi connectivity index (χ4n) is 3.25. The van der Waals surface area contributed by atoms with Crippen molar-refractivity contribution in [2.45, 2.75) is 57.7 Å². The van der Waals surface area contributed by atoms with Crippen molar-refractivity contribution in [2.24, 2.45) is 0 Å². The van der Waals surface area contributed by atoms with Gasteiger partial charge in [0.25, 0.3) is 0 Å². The minimum Gasteiger partial charge on any atom is -0.480 e. The Morgan fingerprint density at radius 3 is 2.26 bits per heavy atom. The second kappa shape index (κ2) is 15.2. The molecule has 0 aliphatic carbocycles. The van der Waals surface area contributed by atoms with E-state index in [9.17, 15) is 29.1 Å². The number of esters is 1. The first-order valence-electron chi connectivity index (χ1n) is 13.3. The van der Waals surface area contributed by atoms with Crippen LogP contribution < -0.4 is 5.32 Å². The van der Waals surface area contributed by atoms with Gasteiger partial charge >= 0.3 is 23.9 Å². The van der Waals surface area contributed by atoms with Crippen molar-refractivity contribution in [1.82, 2.24) is 10.2 Å². The molecule has 11 heteroatoms. The minimum atomic E-state index is -1.26. The molecule has 0 saturated carbocycles. The Balaban J connectivity index is 0.000000869. The molecule has 0 aromatic heterocycles. The molecule has 0 spiro atoms. The van der Waals surface area contributed by atoms with Gasteiger partial charge in [-0.3, -0.25) is 14.9 Å². The average Bonchev–Trinajstić information content (AvgIpc) is 3.39. The molecular weight excluding hydrogens is 460 g/mol. The second-order valence-corrected chi connectivity index (χ2v) is 7.37. The smallest absolute Gasteiger partial charge is 0.328 e. The molecule has 1 aliphatic heterocycles. The molecule has 0 radical (unpaired) electrons. The van der Waals surface area contributed by atoms with Gasteiger partial charge in [-0.1, -0.05) is 30.2 Å². The lowest BCUT2D eigenvalue weighted by molar-refractivity contribution is -0.150. The molecular formula is C24H32N2O9. The van der Waals surface area contributed by atoms with Crippen LogP contribution in [0.15, 0.2) is 42.4 Å². The molecule has 11 nitrogen and oxygen atoms in total. The highest BCUT2D eigenvalue weighted by Crippen LogP contribution is 2.19. The van der Waals surface area contributed by atoms with E-state index in [1.165, 1.54) is 11.8 Å². The molecule has 2 rings (SSSR count). The first-order valence-corrected chi connectivity index (χ1v) is 10.8. The van der Waals surface area contributed by atoms with Gasteiger partial charge in [0.15, 0.2) is 0 Å². The van der Waals surface area contributed by atoms with Crippen molar-refractivity contribution in [3.05, 3.63) is 47.9 Å². The van der Waals surface area contributed by atoms with E-state index < -0.39 is 66.0 Å². The summed E-state index contributed by atoms with van der Waals surface area (Å²) in [4.78, 5) is 57.0. The minimum absolute atomic E-state index is 0.0193. The van der Waals surface area contributed by atoms with Crippen molar-refractivity contribution in [3.8, 4) is 0 Å². The summed E-state index contributed by atoms with van der Waals surface area (Å²) >= 11 is 0. The van der Waals surface area contributed by atoms with Crippen molar-refractivity contribution >= 4 is 29.8 Å². The lowest BCUT2D eigenvalue weighted by Gasteiger charge is -2.27. The number of amides is 1. The number of carboxylic acids is 3. The number of aliphatic carboxylic acids is 3. The summed E-state index contributed by atoms with van der Waals surface area (Å²) in [5.41, 5.74) is 0.0663. The number of likely N-dealkylation sites (tertiary alicyclic amines) is 1. The summed E-state index contributed by atoms with van der Waals surface area (Å²) in [5, 5.41) is 27.8. The maximum Gasteiger partial charge on any atom is 0.328 e. The highest BCUT2D eigenvalue weighted by atomic mass is 16.5. The lowest BCUT2D eigenvalue weighted by Crippen LogP contribution is -2.53. The van der Waals surface area contributed by atoms with E-state index in [1.54, 1.807) is 6.92 Å². The first kappa shape index (κ1) is 21.8. The zero-order chi connectivity index (χ0) is 30.7. The number of ether oxygens (including phenoxy) is 1. The number of nitrogens with one attached hydrogen (secondary N) is 1. The summed E-state index contributed by atoms with van der Waals surface area (Å²) in [6.45, 7) is 3.56. The summed E-state index contributed by atoms with van der Waals surface area (Å²) in [7, 11) is 0. The van der Waals surface area contributed by atoms with Gasteiger partial charge in [0, 0.05) is 18.7 Å². The van der Waals surface area contributed by atoms with Crippen LogP contribution in [-0.4, -0.2) is 81.3 Å². The Labute approximate surface area is 210 Å². The quantitative estimate of drug-likeness (QED) is 0.258. The Morgan fingerprint density at radius 1 is 1.14 bits per heavy atom. The SMILES string of the molecule is O=C(O)C=CC(=O)O.[2H]c1c([2H])c([2H])c(CC[C@H](N[C@@H](C)C(=O)N2CCC[C@@H]2C(=O)O)C(=O)OCC)c([2H])c1[2H]. The predicted molar refractivity (Wildman–Crippen MR) is 125 cm³/mol. The van der Waals surface area contributed by atoms with Crippen LogP contribution in [0.2, 0.25) is 0 Å². The Kier molecular flexibility index (Phi) is 9.47. The summed E-state index contributed by atoms with van der Waals surface area (Å²) in [6.07, 6.45) is 2.06. The van der Waals surface area contributed by atoms with Crippen molar-refractivity contribution < 1.29 is 50.9 Å². The van der Waals surface area contributed by atoms with Crippen LogP contribution in [0.1, 0.15) is 45.5 Å². The Hall–Kier alpha value is -3.73. The highest BCUT2D eigenvalue weighted by molar-refractivity contribution is 5.89. The van der Waals surface area contributed by atoms with Crippen molar-refractivity contribution in [1.29, 1.82) is 0 Å². The third-order valence-electron chi connectivity index (χ3n) is 4.82. The number of benzene rings is 1. The number of carboxylic acid groups (broad SMARTS) is 3. The summed E-state index contributed by atoms with van der Waals surface area (Å²) in [6, 6.07) is -4.88.